The van der Waals surface area contributed by atoms with Gasteiger partial charge in [0.15, 0.2) is 0 Å². The monoisotopic (exact) mass is 235 g/mol. The van der Waals surface area contributed by atoms with Gasteiger partial charge in [-0.25, -0.2) is 9.97 Å². The van der Waals surface area contributed by atoms with E-state index in [4.69, 9.17) is 5.73 Å². The predicted molar refractivity (Wildman–Crippen MR) is 65.5 cm³/mol. The number of nitrogen functional groups attached to an aromatic ring is 1. The van der Waals surface area contributed by atoms with E-state index in [1.165, 1.54) is 6.33 Å². The summed E-state index contributed by atoms with van der Waals surface area (Å²) >= 11 is 0. The molecule has 0 spiro atoms. The Kier molecular flexibility index (Phi) is 3.41. The van der Waals surface area contributed by atoms with E-state index < -0.39 is 0 Å². The predicted octanol–water partition coefficient (Wildman–Crippen LogP) is 0.312. The fourth-order valence-corrected chi connectivity index (χ4v) is 1.97. The van der Waals surface area contributed by atoms with Crippen LogP contribution >= 0.6 is 0 Å². The van der Waals surface area contributed by atoms with Crippen LogP contribution in [0.15, 0.2) is 6.33 Å². The Balaban J connectivity index is 2.17. The lowest BCUT2D eigenvalue weighted by atomic mass is 10.1. The van der Waals surface area contributed by atoms with E-state index in [-0.39, 0.29) is 11.9 Å². The maximum Gasteiger partial charge on any atom is 0.242 e. The second-order valence-corrected chi connectivity index (χ2v) is 4.07. The molecule has 1 atom stereocenters. The van der Waals surface area contributed by atoms with Crippen LogP contribution in [0.5, 0.6) is 0 Å². The highest BCUT2D eigenvalue weighted by atomic mass is 16.2. The Hall–Kier alpha value is -1.85. The molecular weight excluding hydrogens is 218 g/mol. The van der Waals surface area contributed by atoms with Gasteiger partial charge in [0, 0.05) is 12.1 Å². The Morgan fingerprint density at radius 2 is 2.41 bits per heavy atom. The number of nitrogens with one attached hydrogen (secondary N) is 2. The lowest BCUT2D eigenvalue weighted by Gasteiger charge is -2.24. The van der Waals surface area contributed by atoms with Gasteiger partial charge in [-0.3, -0.25) is 4.79 Å². The summed E-state index contributed by atoms with van der Waals surface area (Å²) in [7, 11) is 0. The number of anilines is 2. The molecule has 1 aromatic rings. The minimum absolute atomic E-state index is 0.0236. The number of carbonyl (C=O) groups excluding carboxylic acids is 1. The Morgan fingerprint density at radius 3 is 3.12 bits per heavy atom. The summed E-state index contributed by atoms with van der Waals surface area (Å²) in [4.78, 5) is 19.7. The molecule has 1 aliphatic rings. The third-order valence-corrected chi connectivity index (χ3v) is 2.93. The van der Waals surface area contributed by atoms with Crippen LogP contribution in [-0.4, -0.2) is 28.5 Å². The van der Waals surface area contributed by atoms with Gasteiger partial charge in [-0.2, -0.15) is 0 Å². The number of carbonyl (C=O) groups is 1. The van der Waals surface area contributed by atoms with E-state index in [0.717, 1.165) is 31.4 Å². The Labute approximate surface area is 100 Å². The average Bonchev–Trinajstić information content (AvgIpc) is 2.32. The van der Waals surface area contributed by atoms with E-state index in [0.29, 0.717) is 11.6 Å². The van der Waals surface area contributed by atoms with Crippen LogP contribution in [0.4, 0.5) is 11.6 Å². The molecule has 6 heteroatoms. The number of nitrogens with two attached hydrogens (primary N) is 1. The molecule has 2 heterocycles. The van der Waals surface area contributed by atoms with Gasteiger partial charge in [-0.15, -0.1) is 0 Å². The summed E-state index contributed by atoms with van der Waals surface area (Å²) < 4.78 is 0. The van der Waals surface area contributed by atoms with E-state index in [1.54, 1.807) is 0 Å². The first kappa shape index (κ1) is 11.6. The summed E-state index contributed by atoms with van der Waals surface area (Å²) in [5.41, 5.74) is 6.65. The molecule has 4 N–H and O–H groups in total. The quantitative estimate of drug-likeness (QED) is 0.701. The summed E-state index contributed by atoms with van der Waals surface area (Å²) in [6.07, 6.45) is 3.95. The van der Waals surface area contributed by atoms with Gasteiger partial charge in [0.05, 0.1) is 0 Å². The Bertz CT molecular complexity index is 420. The molecule has 2 rings (SSSR count). The van der Waals surface area contributed by atoms with Crippen molar-refractivity contribution in [3.63, 3.8) is 0 Å². The number of rotatable bonds is 3. The van der Waals surface area contributed by atoms with Gasteiger partial charge in [-0.1, -0.05) is 6.92 Å². The van der Waals surface area contributed by atoms with Gasteiger partial charge in [0.1, 0.15) is 24.0 Å². The van der Waals surface area contributed by atoms with Crippen LogP contribution in [-0.2, 0) is 11.2 Å². The zero-order valence-electron chi connectivity index (χ0n) is 9.86. The lowest BCUT2D eigenvalue weighted by Crippen LogP contribution is -2.44. The van der Waals surface area contributed by atoms with E-state index >= 15 is 0 Å². The van der Waals surface area contributed by atoms with Crippen molar-refractivity contribution in [3.05, 3.63) is 11.9 Å². The number of hydrogen-bond acceptors (Lipinski definition) is 5. The van der Waals surface area contributed by atoms with Crippen LogP contribution < -0.4 is 16.4 Å². The molecule has 0 bridgehead atoms. The van der Waals surface area contributed by atoms with Crippen molar-refractivity contribution in [1.29, 1.82) is 0 Å². The summed E-state index contributed by atoms with van der Waals surface area (Å²) in [5.74, 6) is 1.17. The fourth-order valence-electron chi connectivity index (χ4n) is 1.97. The van der Waals surface area contributed by atoms with Crippen molar-refractivity contribution in [2.45, 2.75) is 32.2 Å². The maximum absolute atomic E-state index is 11.6. The Morgan fingerprint density at radius 1 is 1.59 bits per heavy atom. The topological polar surface area (TPSA) is 92.9 Å². The van der Waals surface area contributed by atoms with Crippen LogP contribution in [0, 0.1) is 0 Å². The number of amides is 1. The molecule has 92 valence electrons. The van der Waals surface area contributed by atoms with Crippen molar-refractivity contribution in [2.24, 2.45) is 0 Å². The smallest absolute Gasteiger partial charge is 0.242 e. The number of aromatic nitrogens is 2. The normalized spacial score (nSPS) is 19.8. The minimum Gasteiger partial charge on any atom is -0.383 e. The molecule has 1 aromatic heterocycles. The van der Waals surface area contributed by atoms with E-state index in [1.807, 2.05) is 6.92 Å². The molecule has 0 saturated carbocycles. The van der Waals surface area contributed by atoms with Crippen LogP contribution in [0.1, 0.15) is 25.3 Å². The van der Waals surface area contributed by atoms with Gasteiger partial charge in [0.2, 0.25) is 5.91 Å². The molecule has 1 aliphatic heterocycles. The summed E-state index contributed by atoms with van der Waals surface area (Å²) in [5, 5.41) is 5.98. The summed E-state index contributed by atoms with van der Waals surface area (Å²) in [6.45, 7) is 2.74. The lowest BCUT2D eigenvalue weighted by molar-refractivity contribution is -0.123. The average molecular weight is 235 g/mol. The zero-order valence-corrected chi connectivity index (χ0v) is 9.86. The molecule has 1 fully saturated rings. The van der Waals surface area contributed by atoms with Crippen LogP contribution in [0.25, 0.3) is 0 Å². The minimum atomic E-state index is -0.219. The van der Waals surface area contributed by atoms with Gasteiger partial charge < -0.3 is 16.4 Å². The van der Waals surface area contributed by atoms with Crippen molar-refractivity contribution in [1.82, 2.24) is 15.3 Å². The molecule has 1 amide bonds. The van der Waals surface area contributed by atoms with E-state index in [9.17, 15) is 4.79 Å². The van der Waals surface area contributed by atoms with Gasteiger partial charge >= 0.3 is 0 Å². The second-order valence-electron chi connectivity index (χ2n) is 4.07. The van der Waals surface area contributed by atoms with Crippen molar-refractivity contribution in [2.75, 3.05) is 17.6 Å². The SMILES string of the molecule is CCc1c(N)ncnc1NC1CCCNC1=O. The molecule has 6 nitrogen and oxygen atoms in total. The standard InChI is InChI=1S/C11H17N5O/c1-2-7-9(12)14-6-15-10(7)16-8-4-3-5-13-11(8)17/h6,8H,2-5H2,1H3,(H,13,17)(H3,12,14,15,16). The summed E-state index contributed by atoms with van der Waals surface area (Å²) in [6, 6.07) is -0.219. The highest BCUT2D eigenvalue weighted by Gasteiger charge is 2.23. The highest BCUT2D eigenvalue weighted by Crippen LogP contribution is 2.19. The first-order valence-corrected chi connectivity index (χ1v) is 5.86. The number of hydrogen-bond donors (Lipinski definition) is 3. The number of piperidine rings is 1. The van der Waals surface area contributed by atoms with Crippen LogP contribution in [0.2, 0.25) is 0 Å². The van der Waals surface area contributed by atoms with Crippen LogP contribution in [0.3, 0.4) is 0 Å². The van der Waals surface area contributed by atoms with E-state index in [2.05, 4.69) is 20.6 Å². The molecule has 0 aromatic carbocycles. The molecular formula is C11H17N5O. The largest absolute Gasteiger partial charge is 0.383 e. The molecule has 0 aliphatic carbocycles. The fraction of sp³-hybridized carbons (Fsp3) is 0.545. The first-order valence-electron chi connectivity index (χ1n) is 5.86. The van der Waals surface area contributed by atoms with Crippen molar-refractivity contribution < 1.29 is 4.79 Å². The molecule has 0 radical (unpaired) electrons. The van der Waals surface area contributed by atoms with Gasteiger partial charge in [-0.05, 0) is 19.3 Å². The van der Waals surface area contributed by atoms with Crippen molar-refractivity contribution >= 4 is 17.5 Å². The van der Waals surface area contributed by atoms with Crippen molar-refractivity contribution in [3.8, 4) is 0 Å². The van der Waals surface area contributed by atoms with Gasteiger partial charge in [0.25, 0.3) is 0 Å². The third kappa shape index (κ3) is 2.46. The second kappa shape index (κ2) is 4.99. The zero-order chi connectivity index (χ0) is 12.3. The first-order chi connectivity index (χ1) is 8.22. The molecule has 1 unspecified atom stereocenters. The molecule has 17 heavy (non-hydrogen) atoms. The third-order valence-electron chi connectivity index (χ3n) is 2.93. The highest BCUT2D eigenvalue weighted by molar-refractivity contribution is 5.85. The molecule has 1 saturated heterocycles. The number of nitrogens with zero attached hydrogens (tertiary/aromatic N) is 2. The maximum atomic E-state index is 11.6.